The summed E-state index contributed by atoms with van der Waals surface area (Å²) in [6.45, 7) is 6.95. The van der Waals surface area contributed by atoms with Crippen LogP contribution in [0, 0.1) is 0 Å². The average Bonchev–Trinajstić information content (AvgIpc) is 2.68. The Morgan fingerprint density at radius 3 is 2.18 bits per heavy atom. The van der Waals surface area contributed by atoms with Crippen LogP contribution in [0.2, 0.25) is 0 Å². The van der Waals surface area contributed by atoms with Gasteiger partial charge in [0.25, 0.3) is 0 Å². The maximum atomic E-state index is 13.3. The number of nitrogens with zero attached hydrogens (tertiary/aromatic N) is 1. The van der Waals surface area contributed by atoms with Gasteiger partial charge in [0.05, 0.1) is 20.3 Å². The fourth-order valence-electron chi connectivity index (χ4n) is 2.75. The van der Waals surface area contributed by atoms with Crippen LogP contribution in [0.3, 0.4) is 0 Å². The van der Waals surface area contributed by atoms with Gasteiger partial charge in [-0.3, -0.25) is 0 Å². The van der Waals surface area contributed by atoms with E-state index in [1.54, 1.807) is 37.4 Å². The van der Waals surface area contributed by atoms with Gasteiger partial charge >= 0.3 is 0 Å². The lowest BCUT2D eigenvalue weighted by molar-refractivity contribution is 0.310. The van der Waals surface area contributed by atoms with Crippen molar-refractivity contribution in [3.05, 3.63) is 46.4 Å². The van der Waals surface area contributed by atoms with Crippen LogP contribution >= 0.6 is 15.9 Å². The smallest absolute Gasteiger partial charge is 0.247 e. The fraction of sp³-hybridized carbons (Fsp3) is 0.400. The molecule has 0 unspecified atom stereocenters. The van der Waals surface area contributed by atoms with Gasteiger partial charge in [0.15, 0.2) is 11.5 Å². The van der Waals surface area contributed by atoms with Gasteiger partial charge < -0.3 is 14.2 Å². The zero-order chi connectivity index (χ0) is 20.7. The highest BCUT2D eigenvalue weighted by Crippen LogP contribution is 2.32. The Bertz CT molecular complexity index is 901. The number of sulfonamides is 1. The van der Waals surface area contributed by atoms with Gasteiger partial charge in [0, 0.05) is 17.6 Å². The molecule has 0 aliphatic rings. The number of methoxy groups -OCH3 is 1. The molecule has 0 aromatic heterocycles. The van der Waals surface area contributed by atoms with Crippen molar-refractivity contribution in [1.82, 2.24) is 4.31 Å². The van der Waals surface area contributed by atoms with Crippen molar-refractivity contribution in [3.8, 4) is 17.2 Å². The fourth-order valence-corrected chi connectivity index (χ4v) is 4.86. The van der Waals surface area contributed by atoms with E-state index >= 15 is 0 Å². The summed E-state index contributed by atoms with van der Waals surface area (Å²) >= 11 is 3.35. The number of benzene rings is 2. The zero-order valence-corrected chi connectivity index (χ0v) is 19.0. The van der Waals surface area contributed by atoms with Gasteiger partial charge in [0.2, 0.25) is 10.0 Å². The second kappa shape index (κ2) is 10.1. The Balaban J connectivity index is 2.38. The molecule has 28 heavy (non-hydrogen) atoms. The van der Waals surface area contributed by atoms with Crippen LogP contribution in [0.4, 0.5) is 0 Å². The lowest BCUT2D eigenvalue weighted by Gasteiger charge is -2.23. The van der Waals surface area contributed by atoms with Crippen molar-refractivity contribution >= 4 is 26.0 Å². The van der Waals surface area contributed by atoms with Gasteiger partial charge in [-0.05, 0) is 49.7 Å². The van der Waals surface area contributed by atoms with Gasteiger partial charge in [-0.2, -0.15) is 4.31 Å². The van der Waals surface area contributed by atoms with Gasteiger partial charge in [-0.1, -0.05) is 28.9 Å². The van der Waals surface area contributed by atoms with Gasteiger partial charge in [-0.15, -0.1) is 0 Å². The molecule has 2 aromatic carbocycles. The number of hydrogen-bond donors (Lipinski definition) is 0. The lowest BCUT2D eigenvalue weighted by atomic mass is 10.2. The first kappa shape index (κ1) is 22.5. The standard InChI is InChI=1S/C20H26BrNO5S/c1-5-22(14-15-8-10-17(26-6-2)19(12-15)25-4)28(23,24)20-13-16(21)9-11-18(20)27-7-3/h8-13H,5-7,14H2,1-4H3. The number of hydrogen-bond acceptors (Lipinski definition) is 5. The lowest BCUT2D eigenvalue weighted by Crippen LogP contribution is -2.30. The normalized spacial score (nSPS) is 11.5. The Morgan fingerprint density at radius 1 is 0.929 bits per heavy atom. The van der Waals surface area contributed by atoms with Crippen LogP contribution < -0.4 is 14.2 Å². The van der Waals surface area contributed by atoms with E-state index in [0.29, 0.717) is 41.5 Å². The molecule has 2 aromatic rings. The minimum atomic E-state index is -3.76. The van der Waals surface area contributed by atoms with Crippen molar-refractivity contribution < 1.29 is 22.6 Å². The Kier molecular flexibility index (Phi) is 8.15. The maximum absolute atomic E-state index is 13.3. The summed E-state index contributed by atoms with van der Waals surface area (Å²) in [7, 11) is -2.20. The summed E-state index contributed by atoms with van der Waals surface area (Å²) < 4.78 is 45.1. The molecule has 0 fully saturated rings. The highest BCUT2D eigenvalue weighted by molar-refractivity contribution is 9.10. The van der Waals surface area contributed by atoms with Gasteiger partial charge in [0.1, 0.15) is 10.6 Å². The van der Waals surface area contributed by atoms with Crippen molar-refractivity contribution in [3.63, 3.8) is 0 Å². The highest BCUT2D eigenvalue weighted by atomic mass is 79.9. The van der Waals surface area contributed by atoms with Crippen LogP contribution in [0.25, 0.3) is 0 Å². The first-order valence-electron chi connectivity index (χ1n) is 9.09. The zero-order valence-electron chi connectivity index (χ0n) is 16.6. The van der Waals surface area contributed by atoms with Crippen LogP contribution in [-0.4, -0.2) is 39.6 Å². The topological polar surface area (TPSA) is 65.1 Å². The summed E-state index contributed by atoms with van der Waals surface area (Å²) in [6.07, 6.45) is 0. The SMILES string of the molecule is CCOc1ccc(CN(CC)S(=O)(=O)c2cc(Br)ccc2OCC)cc1OC. The predicted molar refractivity (Wildman–Crippen MR) is 113 cm³/mol. The van der Waals surface area contributed by atoms with Crippen LogP contribution in [-0.2, 0) is 16.6 Å². The molecule has 0 heterocycles. The largest absolute Gasteiger partial charge is 0.493 e. The highest BCUT2D eigenvalue weighted by Gasteiger charge is 2.27. The summed E-state index contributed by atoms with van der Waals surface area (Å²) in [4.78, 5) is 0.142. The van der Waals surface area contributed by atoms with E-state index in [4.69, 9.17) is 14.2 Å². The molecule has 0 spiro atoms. The molecule has 154 valence electrons. The minimum absolute atomic E-state index is 0.142. The van der Waals surface area contributed by atoms with Crippen LogP contribution in [0.5, 0.6) is 17.2 Å². The molecule has 0 amide bonds. The van der Waals surface area contributed by atoms with Gasteiger partial charge in [-0.25, -0.2) is 8.42 Å². The van der Waals surface area contributed by atoms with E-state index in [1.165, 1.54) is 4.31 Å². The first-order chi connectivity index (χ1) is 13.4. The van der Waals surface area contributed by atoms with Crippen LogP contribution in [0.1, 0.15) is 26.3 Å². The Labute approximate surface area is 175 Å². The molecule has 0 aliphatic carbocycles. The van der Waals surface area contributed by atoms with Crippen molar-refractivity contribution in [2.24, 2.45) is 0 Å². The molecule has 0 atom stereocenters. The molecule has 0 radical (unpaired) electrons. The molecular formula is C20H26BrNO5S. The number of rotatable bonds is 10. The third kappa shape index (κ3) is 5.18. The van der Waals surface area contributed by atoms with E-state index in [-0.39, 0.29) is 11.4 Å². The van der Waals surface area contributed by atoms with Crippen molar-refractivity contribution in [2.75, 3.05) is 26.9 Å². The second-order valence-electron chi connectivity index (χ2n) is 5.87. The number of halogens is 1. The molecule has 0 saturated carbocycles. The average molecular weight is 472 g/mol. The summed E-state index contributed by atoms with van der Waals surface area (Å²) in [6, 6.07) is 10.4. The quantitative estimate of drug-likeness (QED) is 0.511. The van der Waals surface area contributed by atoms with E-state index in [1.807, 2.05) is 26.8 Å². The van der Waals surface area contributed by atoms with E-state index in [0.717, 1.165) is 5.56 Å². The van der Waals surface area contributed by atoms with E-state index in [2.05, 4.69) is 15.9 Å². The van der Waals surface area contributed by atoms with E-state index in [9.17, 15) is 8.42 Å². The van der Waals surface area contributed by atoms with Crippen molar-refractivity contribution in [2.45, 2.75) is 32.2 Å². The van der Waals surface area contributed by atoms with E-state index < -0.39 is 10.0 Å². The predicted octanol–water partition coefficient (Wildman–Crippen LogP) is 4.47. The second-order valence-corrected chi connectivity index (χ2v) is 8.70. The molecular weight excluding hydrogens is 446 g/mol. The Hall–Kier alpha value is -1.77. The summed E-state index contributed by atoms with van der Waals surface area (Å²) in [5, 5.41) is 0. The molecule has 6 nitrogen and oxygen atoms in total. The molecule has 8 heteroatoms. The first-order valence-corrected chi connectivity index (χ1v) is 11.3. The third-order valence-corrected chi connectivity index (χ3v) is 6.50. The van der Waals surface area contributed by atoms with Crippen molar-refractivity contribution in [1.29, 1.82) is 0 Å². The minimum Gasteiger partial charge on any atom is -0.493 e. The summed E-state index contributed by atoms with van der Waals surface area (Å²) in [5.74, 6) is 1.55. The molecule has 0 aliphatic heterocycles. The molecule has 0 N–H and O–H groups in total. The number of ether oxygens (including phenoxy) is 3. The monoisotopic (exact) mass is 471 g/mol. The summed E-state index contributed by atoms with van der Waals surface area (Å²) in [5.41, 5.74) is 0.804. The van der Waals surface area contributed by atoms with Crippen LogP contribution in [0.15, 0.2) is 45.8 Å². The Morgan fingerprint density at radius 2 is 1.57 bits per heavy atom. The third-order valence-electron chi connectivity index (χ3n) is 4.06. The molecule has 0 saturated heterocycles. The maximum Gasteiger partial charge on any atom is 0.247 e. The molecule has 2 rings (SSSR count). The molecule has 0 bridgehead atoms.